The highest BCUT2D eigenvalue weighted by atomic mass is 15.0. The van der Waals surface area contributed by atoms with E-state index in [1.54, 1.807) is 0 Å². The van der Waals surface area contributed by atoms with Crippen molar-refractivity contribution in [3.05, 3.63) is 267 Å². The van der Waals surface area contributed by atoms with E-state index in [9.17, 15) is 0 Å². The summed E-state index contributed by atoms with van der Waals surface area (Å²) < 4.78 is 4.92. The molecule has 0 unspecified atom stereocenters. The van der Waals surface area contributed by atoms with Crippen LogP contribution < -0.4 is 0 Å². The Bertz CT molecular complexity index is 3680. The van der Waals surface area contributed by atoms with Crippen LogP contribution >= 0.6 is 0 Å². The molecule has 0 fully saturated rings. The molecule has 0 N–H and O–H groups in total. The Morgan fingerprint density at radius 1 is 0.191 bits per heavy atom. The Labute approximate surface area is 395 Å². The fraction of sp³-hybridized carbons (Fsp3) is 0. The van der Waals surface area contributed by atoms with Crippen LogP contribution in [0.1, 0.15) is 0 Å². The lowest BCUT2D eigenvalue weighted by Crippen LogP contribution is -1.99. The number of nitrogens with zero attached hydrogens (tertiary/aromatic N) is 2. The Morgan fingerprint density at radius 3 is 0.912 bits per heavy atom. The summed E-state index contributed by atoms with van der Waals surface area (Å²) in [6.45, 7) is 0. The zero-order chi connectivity index (χ0) is 45.0. The van der Waals surface area contributed by atoms with E-state index < -0.39 is 0 Å². The van der Waals surface area contributed by atoms with Gasteiger partial charge < -0.3 is 9.13 Å². The quantitative estimate of drug-likeness (QED) is 0.144. The van der Waals surface area contributed by atoms with Crippen LogP contribution in [0.5, 0.6) is 0 Å². The second kappa shape index (κ2) is 16.5. The molecule has 0 saturated heterocycles. The van der Waals surface area contributed by atoms with Crippen LogP contribution in [0.4, 0.5) is 0 Å². The summed E-state index contributed by atoms with van der Waals surface area (Å²) in [5.74, 6) is 0. The number of para-hydroxylation sites is 3. The van der Waals surface area contributed by atoms with E-state index in [0.717, 1.165) is 33.5 Å². The molecule has 0 aliphatic heterocycles. The first-order chi connectivity index (χ1) is 33.8. The van der Waals surface area contributed by atoms with E-state index in [4.69, 9.17) is 0 Å². The number of benzene rings is 11. The zero-order valence-corrected chi connectivity index (χ0v) is 37.3. The minimum absolute atomic E-state index is 1.09. The Balaban J connectivity index is 1.14. The lowest BCUT2D eigenvalue weighted by atomic mass is 9.84. The van der Waals surface area contributed by atoms with Crippen molar-refractivity contribution in [2.75, 3.05) is 0 Å². The van der Waals surface area contributed by atoms with Crippen molar-refractivity contribution in [1.29, 1.82) is 0 Å². The van der Waals surface area contributed by atoms with Gasteiger partial charge in [-0.15, -0.1) is 0 Å². The van der Waals surface area contributed by atoms with Crippen molar-refractivity contribution in [2.45, 2.75) is 0 Å². The molecular formula is C66H44N2. The highest BCUT2D eigenvalue weighted by Gasteiger charge is 2.22. The van der Waals surface area contributed by atoms with Gasteiger partial charge in [0.15, 0.2) is 0 Å². The fourth-order valence-corrected chi connectivity index (χ4v) is 10.8. The molecule has 2 aromatic heterocycles. The first-order valence-electron chi connectivity index (χ1n) is 23.4. The third-order valence-corrected chi connectivity index (χ3v) is 13.7. The van der Waals surface area contributed by atoms with Gasteiger partial charge in [0.1, 0.15) is 0 Å². The van der Waals surface area contributed by atoms with Gasteiger partial charge in [0, 0.05) is 32.9 Å². The molecule has 0 radical (unpaired) electrons. The van der Waals surface area contributed by atoms with Gasteiger partial charge in [-0.1, -0.05) is 212 Å². The van der Waals surface area contributed by atoms with Crippen molar-refractivity contribution in [3.8, 4) is 78.1 Å². The summed E-state index contributed by atoms with van der Waals surface area (Å²) in [7, 11) is 0. The van der Waals surface area contributed by atoms with E-state index >= 15 is 0 Å². The van der Waals surface area contributed by atoms with Crippen molar-refractivity contribution < 1.29 is 0 Å². The van der Waals surface area contributed by atoms with Crippen molar-refractivity contribution in [1.82, 2.24) is 9.13 Å². The molecule has 0 spiro atoms. The third kappa shape index (κ3) is 6.57. The normalized spacial score (nSPS) is 11.5. The molecule has 13 aromatic rings. The van der Waals surface area contributed by atoms with Crippen LogP contribution in [-0.2, 0) is 0 Å². The number of aromatic nitrogens is 2. The topological polar surface area (TPSA) is 9.86 Å². The smallest absolute Gasteiger partial charge is 0.0542 e. The van der Waals surface area contributed by atoms with Crippen LogP contribution in [0.25, 0.3) is 122 Å². The molecule has 0 aliphatic rings. The molecule has 0 atom stereocenters. The first kappa shape index (κ1) is 39.4. The predicted molar refractivity (Wildman–Crippen MR) is 288 cm³/mol. The van der Waals surface area contributed by atoms with Crippen molar-refractivity contribution in [2.24, 2.45) is 0 Å². The Hall–Kier alpha value is -8.98. The second-order valence-electron chi connectivity index (χ2n) is 17.6. The largest absolute Gasteiger partial charge is 0.309 e. The summed E-state index contributed by atoms with van der Waals surface area (Å²) in [5, 5.41) is 4.93. The highest BCUT2D eigenvalue weighted by Crippen LogP contribution is 2.47. The molecule has 0 saturated carbocycles. The SMILES string of the molecule is c1ccc(-c2cccc(-c3ccccc3)c2-c2cc(-c3c(-c4ccccc4)cccc3-c3ccccc3)cc(-n3c4ccccc4c4cc(-n5c6ccccc6c6ccccc65)ccc43)c2)cc1. The molecule has 2 heterocycles. The molecular weight excluding hydrogens is 821 g/mol. The van der Waals surface area contributed by atoms with Gasteiger partial charge in [0.2, 0.25) is 0 Å². The van der Waals surface area contributed by atoms with Crippen LogP contribution in [-0.4, -0.2) is 9.13 Å². The highest BCUT2D eigenvalue weighted by molar-refractivity contribution is 6.13. The number of fused-ring (bicyclic) bond motifs is 6. The average Bonchev–Trinajstić information content (AvgIpc) is 3.94. The number of hydrogen-bond acceptors (Lipinski definition) is 0. The number of rotatable bonds is 8. The van der Waals surface area contributed by atoms with Gasteiger partial charge in [0.05, 0.1) is 22.1 Å². The van der Waals surface area contributed by atoms with E-state index in [2.05, 4.69) is 276 Å². The minimum Gasteiger partial charge on any atom is -0.309 e. The predicted octanol–water partition coefficient (Wildman–Crippen LogP) is 17.9. The van der Waals surface area contributed by atoms with E-state index in [1.807, 2.05) is 0 Å². The maximum absolute atomic E-state index is 2.49. The Kier molecular flexibility index (Phi) is 9.54. The third-order valence-electron chi connectivity index (χ3n) is 13.7. The molecule has 13 rings (SSSR count). The summed E-state index contributed by atoms with van der Waals surface area (Å²) >= 11 is 0. The van der Waals surface area contributed by atoms with E-state index in [1.165, 1.54) is 88.2 Å². The van der Waals surface area contributed by atoms with Gasteiger partial charge in [-0.25, -0.2) is 0 Å². The van der Waals surface area contributed by atoms with Gasteiger partial charge >= 0.3 is 0 Å². The summed E-state index contributed by atoms with van der Waals surface area (Å²) in [5.41, 5.74) is 21.1. The van der Waals surface area contributed by atoms with Gasteiger partial charge in [0.25, 0.3) is 0 Å². The molecule has 68 heavy (non-hydrogen) atoms. The van der Waals surface area contributed by atoms with Crippen LogP contribution in [0, 0.1) is 0 Å². The molecule has 11 aromatic carbocycles. The van der Waals surface area contributed by atoms with Crippen molar-refractivity contribution >= 4 is 43.6 Å². The lowest BCUT2D eigenvalue weighted by Gasteiger charge is -2.22. The molecule has 2 heteroatoms. The van der Waals surface area contributed by atoms with Gasteiger partial charge in [-0.2, -0.15) is 0 Å². The maximum atomic E-state index is 2.49. The standard InChI is InChI=1S/C66H44N2/c1-5-21-45(22-6-1)53-32-19-33-54(46-23-7-2-8-24-46)65(53)49-41-50(66-55(47-25-9-3-10-26-47)34-20-35-56(66)48-27-11-4-12-28-48)43-52(42-49)68-63-38-18-15-31-59(63)60-44-51(39-40-64(60)68)67-61-36-16-13-29-57(61)58-30-14-17-37-62(58)67/h1-44H. The maximum Gasteiger partial charge on any atom is 0.0542 e. The summed E-state index contributed by atoms with van der Waals surface area (Å²) in [6.07, 6.45) is 0. The zero-order valence-electron chi connectivity index (χ0n) is 37.3. The second-order valence-corrected chi connectivity index (χ2v) is 17.6. The van der Waals surface area contributed by atoms with Crippen LogP contribution in [0.3, 0.4) is 0 Å². The van der Waals surface area contributed by atoms with Gasteiger partial charge in [-0.05, 0) is 121 Å². The molecule has 0 aliphatic carbocycles. The molecule has 318 valence electrons. The Morgan fingerprint density at radius 2 is 0.515 bits per heavy atom. The van der Waals surface area contributed by atoms with Crippen LogP contribution in [0.2, 0.25) is 0 Å². The first-order valence-corrected chi connectivity index (χ1v) is 23.4. The lowest BCUT2D eigenvalue weighted by molar-refractivity contribution is 1.17. The summed E-state index contributed by atoms with van der Waals surface area (Å²) in [4.78, 5) is 0. The monoisotopic (exact) mass is 864 g/mol. The fourth-order valence-electron chi connectivity index (χ4n) is 10.8. The van der Waals surface area contributed by atoms with E-state index in [0.29, 0.717) is 0 Å². The van der Waals surface area contributed by atoms with E-state index in [-0.39, 0.29) is 0 Å². The molecule has 2 nitrogen and oxygen atoms in total. The van der Waals surface area contributed by atoms with Gasteiger partial charge in [-0.3, -0.25) is 0 Å². The van der Waals surface area contributed by atoms with Crippen LogP contribution in [0.15, 0.2) is 267 Å². The average molecular weight is 865 g/mol. The summed E-state index contributed by atoms with van der Waals surface area (Å²) in [6, 6.07) is 97.7. The van der Waals surface area contributed by atoms with Crippen molar-refractivity contribution in [3.63, 3.8) is 0 Å². The molecule has 0 amide bonds. The molecule has 0 bridgehead atoms. The minimum atomic E-state index is 1.09. The number of hydrogen-bond donors (Lipinski definition) is 0.